The topological polar surface area (TPSA) is 97.0 Å². The Labute approximate surface area is 140 Å². The summed E-state index contributed by atoms with van der Waals surface area (Å²) in [6, 6.07) is 0.128. The lowest BCUT2D eigenvalue weighted by Gasteiger charge is -2.35. The Hall–Kier alpha value is -2.15. The van der Waals surface area contributed by atoms with Crippen LogP contribution < -0.4 is 11.3 Å². The first-order valence-corrected chi connectivity index (χ1v) is 8.48. The Morgan fingerprint density at radius 1 is 1.38 bits per heavy atom. The molecular weight excluding hydrogens is 306 g/mol. The second-order valence-electron chi connectivity index (χ2n) is 6.65. The van der Waals surface area contributed by atoms with E-state index in [1.165, 1.54) is 0 Å². The van der Waals surface area contributed by atoms with Crippen LogP contribution in [-0.2, 0) is 18.3 Å². The minimum atomic E-state index is -0.163. The van der Waals surface area contributed by atoms with Crippen molar-refractivity contribution in [3.63, 3.8) is 0 Å². The molecule has 0 aromatic carbocycles. The number of aryl methyl sites for hydroxylation is 3. The van der Waals surface area contributed by atoms with E-state index in [4.69, 9.17) is 5.73 Å². The van der Waals surface area contributed by atoms with E-state index in [1.54, 1.807) is 11.7 Å². The van der Waals surface area contributed by atoms with Gasteiger partial charge >= 0.3 is 0 Å². The van der Waals surface area contributed by atoms with E-state index in [0.717, 1.165) is 42.6 Å². The number of nitrogens with two attached hydrogens (primary N) is 1. The van der Waals surface area contributed by atoms with Gasteiger partial charge in [-0.2, -0.15) is 0 Å². The fourth-order valence-electron chi connectivity index (χ4n) is 3.74. The number of H-pyrrole nitrogens is 1. The number of nitrogens with one attached hydrogen (secondary N) is 1. The van der Waals surface area contributed by atoms with Crippen molar-refractivity contribution in [2.45, 2.75) is 45.6 Å². The SMILES string of the molecule is Cc1nc2c(c(C)c1CC(=O)N1CCCCC1CN)c(=O)[nH]n2C. The van der Waals surface area contributed by atoms with Gasteiger partial charge in [0.05, 0.1) is 11.8 Å². The molecule has 24 heavy (non-hydrogen) atoms. The highest BCUT2D eigenvalue weighted by atomic mass is 16.2. The number of carbonyl (C=O) groups excluding carboxylic acids is 1. The lowest BCUT2D eigenvalue weighted by Crippen LogP contribution is -2.48. The van der Waals surface area contributed by atoms with Gasteiger partial charge in [0.2, 0.25) is 5.91 Å². The summed E-state index contributed by atoms with van der Waals surface area (Å²) in [4.78, 5) is 31.4. The highest BCUT2D eigenvalue weighted by Gasteiger charge is 2.27. The van der Waals surface area contributed by atoms with Crippen LogP contribution in [0.25, 0.3) is 11.0 Å². The van der Waals surface area contributed by atoms with E-state index in [0.29, 0.717) is 17.6 Å². The molecule has 0 aliphatic carbocycles. The molecule has 1 amide bonds. The third-order valence-electron chi connectivity index (χ3n) is 5.12. The second kappa shape index (κ2) is 6.39. The number of carbonyl (C=O) groups is 1. The molecule has 0 bridgehead atoms. The van der Waals surface area contributed by atoms with Crippen molar-refractivity contribution in [3.8, 4) is 0 Å². The highest BCUT2D eigenvalue weighted by Crippen LogP contribution is 2.23. The zero-order valence-electron chi connectivity index (χ0n) is 14.6. The van der Waals surface area contributed by atoms with E-state index in [1.807, 2.05) is 18.7 Å². The average molecular weight is 331 g/mol. The summed E-state index contributed by atoms with van der Waals surface area (Å²) in [5, 5.41) is 3.30. The summed E-state index contributed by atoms with van der Waals surface area (Å²) in [7, 11) is 1.76. The maximum Gasteiger partial charge on any atom is 0.273 e. The Morgan fingerprint density at radius 3 is 2.83 bits per heavy atom. The van der Waals surface area contributed by atoms with E-state index < -0.39 is 0 Å². The fourth-order valence-corrected chi connectivity index (χ4v) is 3.74. The van der Waals surface area contributed by atoms with E-state index in [-0.39, 0.29) is 23.9 Å². The van der Waals surface area contributed by atoms with E-state index >= 15 is 0 Å². The van der Waals surface area contributed by atoms with E-state index in [2.05, 4.69) is 10.1 Å². The molecule has 0 saturated carbocycles. The summed E-state index contributed by atoms with van der Waals surface area (Å²) in [5.74, 6) is 0.0739. The maximum absolute atomic E-state index is 12.8. The Bertz CT molecular complexity index is 836. The summed E-state index contributed by atoms with van der Waals surface area (Å²) in [6.45, 7) is 5.05. The molecule has 1 atom stereocenters. The summed E-state index contributed by atoms with van der Waals surface area (Å²) < 4.78 is 1.62. The fraction of sp³-hybridized carbons (Fsp3) is 0.588. The molecule has 1 aliphatic heterocycles. The molecule has 0 radical (unpaired) electrons. The van der Waals surface area contributed by atoms with Crippen LogP contribution in [0.1, 0.15) is 36.1 Å². The molecule has 2 aromatic heterocycles. The van der Waals surface area contributed by atoms with Gasteiger partial charge in [0.1, 0.15) is 0 Å². The van der Waals surface area contributed by atoms with Crippen LogP contribution in [0.15, 0.2) is 4.79 Å². The van der Waals surface area contributed by atoms with Gasteiger partial charge in [0.25, 0.3) is 5.56 Å². The molecule has 130 valence electrons. The number of hydrogen-bond donors (Lipinski definition) is 2. The number of nitrogens with zero attached hydrogens (tertiary/aromatic N) is 3. The van der Waals surface area contributed by atoms with Gasteiger partial charge in [-0.1, -0.05) is 0 Å². The summed E-state index contributed by atoms with van der Waals surface area (Å²) in [6.07, 6.45) is 3.38. The van der Waals surface area contributed by atoms with Gasteiger partial charge in [0.15, 0.2) is 5.65 Å². The quantitative estimate of drug-likeness (QED) is 0.868. The van der Waals surface area contributed by atoms with Crippen LogP contribution in [0, 0.1) is 13.8 Å². The van der Waals surface area contributed by atoms with Crippen LogP contribution in [-0.4, -0.2) is 44.7 Å². The predicted molar refractivity (Wildman–Crippen MR) is 92.9 cm³/mol. The maximum atomic E-state index is 12.8. The van der Waals surface area contributed by atoms with Gasteiger partial charge in [-0.05, 0) is 44.2 Å². The molecule has 1 aliphatic rings. The van der Waals surface area contributed by atoms with Crippen molar-refractivity contribution in [3.05, 3.63) is 27.2 Å². The molecule has 7 nitrogen and oxygen atoms in total. The molecule has 3 rings (SSSR count). The zero-order chi connectivity index (χ0) is 17.4. The number of piperidine rings is 1. The lowest BCUT2D eigenvalue weighted by atomic mass is 9.98. The van der Waals surface area contributed by atoms with Crippen LogP contribution in [0.5, 0.6) is 0 Å². The van der Waals surface area contributed by atoms with Crippen LogP contribution in [0.4, 0.5) is 0 Å². The summed E-state index contributed by atoms with van der Waals surface area (Å²) in [5.41, 5.74) is 8.78. The Morgan fingerprint density at radius 2 is 2.12 bits per heavy atom. The zero-order valence-corrected chi connectivity index (χ0v) is 14.6. The lowest BCUT2D eigenvalue weighted by molar-refractivity contribution is -0.133. The van der Waals surface area contributed by atoms with Crippen molar-refractivity contribution >= 4 is 16.9 Å². The molecule has 1 fully saturated rings. The Balaban J connectivity index is 1.96. The van der Waals surface area contributed by atoms with Gasteiger partial charge in [-0.25, -0.2) is 4.98 Å². The first-order chi connectivity index (χ1) is 11.4. The standard InChI is InChI=1S/C17H25N5O2/c1-10-13(8-14(23)22-7-5-4-6-12(22)9-18)11(2)19-16-15(10)17(24)20-21(16)3/h12H,4-9,18H2,1-3H3,(H,20,24). The number of hydrogen-bond acceptors (Lipinski definition) is 4. The molecule has 7 heteroatoms. The summed E-state index contributed by atoms with van der Waals surface area (Å²) >= 11 is 0. The third-order valence-corrected chi connectivity index (χ3v) is 5.12. The normalized spacial score (nSPS) is 18.3. The van der Waals surface area contributed by atoms with Crippen LogP contribution in [0.3, 0.4) is 0 Å². The van der Waals surface area contributed by atoms with Gasteiger partial charge in [-0.15, -0.1) is 0 Å². The minimum absolute atomic E-state index is 0.0739. The first kappa shape index (κ1) is 16.7. The van der Waals surface area contributed by atoms with E-state index in [9.17, 15) is 9.59 Å². The van der Waals surface area contributed by atoms with Crippen LogP contribution in [0.2, 0.25) is 0 Å². The number of aromatic nitrogens is 3. The third kappa shape index (κ3) is 2.73. The van der Waals surface area contributed by atoms with Gasteiger partial charge in [-0.3, -0.25) is 19.4 Å². The predicted octanol–water partition coefficient (Wildman–Crippen LogP) is 0.761. The molecule has 2 aromatic rings. The molecule has 0 spiro atoms. The smallest absolute Gasteiger partial charge is 0.273 e. The van der Waals surface area contributed by atoms with Crippen molar-refractivity contribution in [1.29, 1.82) is 0 Å². The van der Waals surface area contributed by atoms with Crippen molar-refractivity contribution in [2.24, 2.45) is 12.8 Å². The first-order valence-electron chi connectivity index (χ1n) is 8.48. The highest BCUT2D eigenvalue weighted by molar-refractivity contribution is 5.85. The molecule has 3 N–H and O–H groups in total. The average Bonchev–Trinajstić information content (AvgIpc) is 2.85. The molecular formula is C17H25N5O2. The monoisotopic (exact) mass is 331 g/mol. The number of amides is 1. The van der Waals surface area contributed by atoms with Gasteiger partial charge < -0.3 is 10.6 Å². The number of rotatable bonds is 3. The molecule has 1 unspecified atom stereocenters. The van der Waals surface area contributed by atoms with Crippen LogP contribution >= 0.6 is 0 Å². The van der Waals surface area contributed by atoms with Crippen molar-refractivity contribution < 1.29 is 4.79 Å². The molecule has 3 heterocycles. The number of likely N-dealkylation sites (tertiary alicyclic amines) is 1. The number of pyridine rings is 1. The molecule has 1 saturated heterocycles. The number of fused-ring (bicyclic) bond motifs is 1. The number of aromatic amines is 1. The van der Waals surface area contributed by atoms with Crippen molar-refractivity contribution in [2.75, 3.05) is 13.1 Å². The Kier molecular flexibility index (Phi) is 4.45. The van der Waals surface area contributed by atoms with Crippen molar-refractivity contribution in [1.82, 2.24) is 19.7 Å². The minimum Gasteiger partial charge on any atom is -0.338 e. The second-order valence-corrected chi connectivity index (χ2v) is 6.65. The largest absolute Gasteiger partial charge is 0.338 e. The van der Waals surface area contributed by atoms with Gasteiger partial charge in [0, 0.05) is 31.9 Å².